The smallest absolute Gasteiger partial charge is 0.263 e. The number of allylic oxidation sites excluding steroid dienone is 1. The van der Waals surface area contributed by atoms with E-state index in [0.29, 0.717) is 18.0 Å². The van der Waals surface area contributed by atoms with Crippen LogP contribution < -0.4 is 5.73 Å². The molecule has 17 heavy (non-hydrogen) atoms. The summed E-state index contributed by atoms with van der Waals surface area (Å²) in [6.45, 7) is 0.974. The molecule has 0 aliphatic carbocycles. The van der Waals surface area contributed by atoms with Crippen LogP contribution in [0.1, 0.15) is 18.4 Å². The third kappa shape index (κ3) is 2.50. The zero-order chi connectivity index (χ0) is 12.3. The van der Waals surface area contributed by atoms with E-state index >= 15 is 0 Å². The van der Waals surface area contributed by atoms with Crippen molar-refractivity contribution in [3.8, 4) is 0 Å². The van der Waals surface area contributed by atoms with Crippen LogP contribution >= 0.6 is 0 Å². The maximum Gasteiger partial charge on any atom is 0.263 e. The molecule has 4 nitrogen and oxygen atoms in total. The molecule has 0 bridgehead atoms. The van der Waals surface area contributed by atoms with Crippen LogP contribution in [0.5, 0.6) is 0 Å². The third-order valence-electron chi connectivity index (χ3n) is 2.79. The van der Waals surface area contributed by atoms with Crippen LogP contribution in [0.15, 0.2) is 41.4 Å². The number of nitrogens with zero attached hydrogens (tertiary/aromatic N) is 1. The summed E-state index contributed by atoms with van der Waals surface area (Å²) in [5.74, 6) is 0. The largest absolute Gasteiger partial charge is 0.326 e. The Morgan fingerprint density at radius 3 is 2.47 bits per heavy atom. The second-order valence-electron chi connectivity index (χ2n) is 3.99. The molecule has 1 aliphatic heterocycles. The van der Waals surface area contributed by atoms with Gasteiger partial charge in [-0.15, -0.1) is 0 Å². The number of nitrogens with two attached hydrogens (primary N) is 1. The summed E-state index contributed by atoms with van der Waals surface area (Å²) in [6, 6.07) is 6.72. The van der Waals surface area contributed by atoms with Gasteiger partial charge in [0.05, 0.1) is 4.90 Å². The first-order valence-electron chi connectivity index (χ1n) is 5.62. The molecule has 5 heteroatoms. The minimum Gasteiger partial charge on any atom is -0.326 e. The molecule has 2 N–H and O–H groups in total. The van der Waals surface area contributed by atoms with Crippen molar-refractivity contribution in [3.63, 3.8) is 0 Å². The monoisotopic (exact) mass is 252 g/mol. The highest BCUT2D eigenvalue weighted by Crippen LogP contribution is 2.19. The molecular formula is C12H16N2O2S. The predicted molar refractivity (Wildman–Crippen MR) is 66.6 cm³/mol. The molecule has 0 saturated carbocycles. The Morgan fingerprint density at radius 2 is 1.94 bits per heavy atom. The fraction of sp³-hybridized carbons (Fsp3) is 0.333. The molecule has 0 amide bonds. The Balaban J connectivity index is 2.30. The van der Waals surface area contributed by atoms with E-state index in [-0.39, 0.29) is 0 Å². The topological polar surface area (TPSA) is 63.4 Å². The van der Waals surface area contributed by atoms with Crippen LogP contribution in [-0.2, 0) is 16.6 Å². The van der Waals surface area contributed by atoms with E-state index in [1.54, 1.807) is 30.5 Å². The number of sulfonamides is 1. The lowest BCUT2D eigenvalue weighted by Gasteiger charge is -2.23. The summed E-state index contributed by atoms with van der Waals surface area (Å²) in [5.41, 5.74) is 6.41. The van der Waals surface area contributed by atoms with Gasteiger partial charge in [0.2, 0.25) is 0 Å². The van der Waals surface area contributed by atoms with Crippen molar-refractivity contribution in [2.75, 3.05) is 6.54 Å². The highest BCUT2D eigenvalue weighted by Gasteiger charge is 2.21. The van der Waals surface area contributed by atoms with E-state index in [1.165, 1.54) is 4.31 Å². The van der Waals surface area contributed by atoms with Crippen molar-refractivity contribution in [1.29, 1.82) is 0 Å². The number of hydrogen-bond donors (Lipinski definition) is 1. The van der Waals surface area contributed by atoms with Gasteiger partial charge < -0.3 is 5.73 Å². The highest BCUT2D eigenvalue weighted by molar-refractivity contribution is 7.89. The van der Waals surface area contributed by atoms with Crippen molar-refractivity contribution in [3.05, 3.63) is 42.1 Å². The third-order valence-corrected chi connectivity index (χ3v) is 4.58. The molecular weight excluding hydrogens is 236 g/mol. The van der Waals surface area contributed by atoms with Gasteiger partial charge in [-0.1, -0.05) is 18.2 Å². The van der Waals surface area contributed by atoms with E-state index in [0.717, 1.165) is 18.4 Å². The Labute approximate surface area is 102 Å². The van der Waals surface area contributed by atoms with Gasteiger partial charge in [0, 0.05) is 19.3 Å². The average Bonchev–Trinajstić information content (AvgIpc) is 2.40. The lowest BCUT2D eigenvalue weighted by atomic mass is 10.2. The molecule has 92 valence electrons. The molecule has 1 aromatic carbocycles. The summed E-state index contributed by atoms with van der Waals surface area (Å²) in [7, 11) is -3.38. The first-order chi connectivity index (χ1) is 8.14. The van der Waals surface area contributed by atoms with E-state index in [1.807, 2.05) is 6.08 Å². The van der Waals surface area contributed by atoms with Crippen LogP contribution in [0.2, 0.25) is 0 Å². The first kappa shape index (κ1) is 12.1. The number of benzene rings is 1. The lowest BCUT2D eigenvalue weighted by Crippen LogP contribution is -2.28. The van der Waals surface area contributed by atoms with Crippen molar-refractivity contribution in [2.24, 2.45) is 5.73 Å². The summed E-state index contributed by atoms with van der Waals surface area (Å²) < 4.78 is 25.9. The van der Waals surface area contributed by atoms with Crippen molar-refractivity contribution in [2.45, 2.75) is 24.3 Å². The lowest BCUT2D eigenvalue weighted by molar-refractivity contribution is 0.476. The molecule has 0 fully saturated rings. The summed E-state index contributed by atoms with van der Waals surface area (Å²) in [5, 5.41) is 0. The summed E-state index contributed by atoms with van der Waals surface area (Å²) in [4.78, 5) is 0.321. The Hall–Kier alpha value is -1.33. The zero-order valence-corrected chi connectivity index (χ0v) is 10.4. The molecule has 1 heterocycles. The normalized spacial score (nSPS) is 16.2. The van der Waals surface area contributed by atoms with E-state index in [2.05, 4.69) is 0 Å². The van der Waals surface area contributed by atoms with E-state index < -0.39 is 10.0 Å². The fourth-order valence-corrected chi connectivity index (χ4v) is 3.13. The molecule has 1 aliphatic rings. The Bertz CT molecular complexity index is 506. The van der Waals surface area contributed by atoms with E-state index in [4.69, 9.17) is 5.73 Å². The molecule has 0 aromatic heterocycles. The van der Waals surface area contributed by atoms with Gasteiger partial charge in [0.15, 0.2) is 0 Å². The maximum absolute atomic E-state index is 12.2. The minimum atomic E-state index is -3.38. The standard InChI is InChI=1S/C12H16N2O2S/c13-10-11-4-6-12(7-5-11)17(15,16)14-8-2-1-3-9-14/h2,4-8H,1,3,9-10,13H2. The van der Waals surface area contributed by atoms with Crippen LogP contribution in [-0.4, -0.2) is 19.3 Å². The number of rotatable bonds is 3. The van der Waals surface area contributed by atoms with Gasteiger partial charge in [0.25, 0.3) is 10.0 Å². The molecule has 0 atom stereocenters. The average molecular weight is 252 g/mol. The van der Waals surface area contributed by atoms with Crippen LogP contribution in [0.4, 0.5) is 0 Å². The molecule has 0 saturated heterocycles. The molecule has 1 aromatic rings. The molecule has 0 spiro atoms. The van der Waals surface area contributed by atoms with Crippen LogP contribution in [0, 0.1) is 0 Å². The van der Waals surface area contributed by atoms with Gasteiger partial charge in [0.1, 0.15) is 0 Å². The minimum absolute atomic E-state index is 0.321. The maximum atomic E-state index is 12.2. The van der Waals surface area contributed by atoms with E-state index in [9.17, 15) is 8.42 Å². The highest BCUT2D eigenvalue weighted by atomic mass is 32.2. The quantitative estimate of drug-likeness (QED) is 0.885. The van der Waals surface area contributed by atoms with Gasteiger partial charge in [-0.05, 0) is 30.5 Å². The van der Waals surface area contributed by atoms with Gasteiger partial charge in [-0.25, -0.2) is 8.42 Å². The number of hydrogen-bond acceptors (Lipinski definition) is 3. The molecule has 0 radical (unpaired) electrons. The van der Waals surface area contributed by atoms with Crippen molar-refractivity contribution < 1.29 is 8.42 Å². The second kappa shape index (κ2) is 4.89. The van der Waals surface area contributed by atoms with Crippen LogP contribution in [0.3, 0.4) is 0 Å². The first-order valence-corrected chi connectivity index (χ1v) is 7.06. The SMILES string of the molecule is NCc1ccc(S(=O)(=O)N2C=CCCC2)cc1. The van der Waals surface area contributed by atoms with Crippen molar-refractivity contribution >= 4 is 10.0 Å². The fourth-order valence-electron chi connectivity index (χ4n) is 1.76. The molecule has 0 unspecified atom stereocenters. The Kier molecular flexibility index (Phi) is 3.49. The van der Waals surface area contributed by atoms with Gasteiger partial charge >= 0.3 is 0 Å². The zero-order valence-electron chi connectivity index (χ0n) is 9.54. The predicted octanol–water partition coefficient (Wildman–Crippen LogP) is 1.44. The van der Waals surface area contributed by atoms with Crippen LogP contribution in [0.25, 0.3) is 0 Å². The van der Waals surface area contributed by atoms with Gasteiger partial charge in [-0.3, -0.25) is 4.31 Å². The van der Waals surface area contributed by atoms with Gasteiger partial charge in [-0.2, -0.15) is 0 Å². The molecule has 2 rings (SSSR count). The summed E-state index contributed by atoms with van der Waals surface area (Å²) >= 11 is 0. The Morgan fingerprint density at radius 1 is 1.24 bits per heavy atom. The summed E-state index contributed by atoms with van der Waals surface area (Å²) in [6.07, 6.45) is 5.35. The second-order valence-corrected chi connectivity index (χ2v) is 5.88. The van der Waals surface area contributed by atoms with Crippen molar-refractivity contribution in [1.82, 2.24) is 4.31 Å².